The lowest BCUT2D eigenvalue weighted by molar-refractivity contribution is -0.108. The molecule has 0 aromatic carbocycles. The first-order valence-corrected chi connectivity index (χ1v) is 5.44. The molecular weight excluding hydrogens is 198 g/mol. The first kappa shape index (κ1) is 11.5. The molecule has 4 heteroatoms. The van der Waals surface area contributed by atoms with E-state index >= 15 is 0 Å². The Balaban J connectivity index is 2.81. The Hall–Kier alpha value is -0.580. The van der Waals surface area contributed by atoms with E-state index in [0.29, 0.717) is 0 Å². The van der Waals surface area contributed by atoms with E-state index in [1.807, 2.05) is 12.1 Å². The normalized spacial score (nSPS) is 10.9. The molecule has 0 bridgehead atoms. The summed E-state index contributed by atoms with van der Waals surface area (Å²) in [5.41, 5.74) is 0.813. The van der Waals surface area contributed by atoms with Crippen molar-refractivity contribution in [3.63, 3.8) is 0 Å². The number of ether oxygens (including phenoxy) is 2. The minimum Gasteiger partial charge on any atom is -0.350 e. The minimum atomic E-state index is -0.368. The highest BCUT2D eigenvalue weighted by molar-refractivity contribution is 7.99. The summed E-state index contributed by atoms with van der Waals surface area (Å²) in [5.74, 6) is 1.05. The Labute approximate surface area is 88.8 Å². The third kappa shape index (κ3) is 2.97. The van der Waals surface area contributed by atoms with Crippen molar-refractivity contribution < 1.29 is 9.47 Å². The topological polar surface area (TPSA) is 31.4 Å². The molecule has 0 saturated carbocycles. The molecule has 1 rings (SSSR count). The van der Waals surface area contributed by atoms with Gasteiger partial charge in [-0.1, -0.05) is 6.92 Å². The standard InChI is InChI=1S/C10H15NO2S/c1-4-14-8-5-6-11-9(7-8)10(12-2)13-3/h5-7,10H,4H2,1-3H3. The molecule has 0 atom stereocenters. The molecule has 3 nitrogen and oxygen atoms in total. The highest BCUT2D eigenvalue weighted by Crippen LogP contribution is 2.21. The predicted octanol–water partition coefficient (Wildman–Crippen LogP) is 2.49. The Kier molecular flexibility index (Phi) is 4.93. The molecule has 0 unspecified atom stereocenters. The first-order valence-electron chi connectivity index (χ1n) is 4.46. The van der Waals surface area contributed by atoms with Gasteiger partial charge in [-0.2, -0.15) is 0 Å². The maximum atomic E-state index is 5.12. The quantitative estimate of drug-likeness (QED) is 0.555. The van der Waals surface area contributed by atoms with E-state index in [1.165, 1.54) is 4.90 Å². The van der Waals surface area contributed by atoms with Crippen molar-refractivity contribution in [2.24, 2.45) is 0 Å². The SMILES string of the molecule is CCSc1ccnc(C(OC)OC)c1. The van der Waals surface area contributed by atoms with Gasteiger partial charge >= 0.3 is 0 Å². The molecule has 0 N–H and O–H groups in total. The van der Waals surface area contributed by atoms with E-state index in [9.17, 15) is 0 Å². The molecule has 0 aliphatic rings. The fourth-order valence-corrected chi connectivity index (χ4v) is 1.85. The van der Waals surface area contributed by atoms with Gasteiger partial charge < -0.3 is 9.47 Å². The molecule has 1 aromatic rings. The van der Waals surface area contributed by atoms with Crippen LogP contribution in [0.5, 0.6) is 0 Å². The number of methoxy groups -OCH3 is 2. The van der Waals surface area contributed by atoms with Crippen LogP contribution in [0.3, 0.4) is 0 Å². The lowest BCUT2D eigenvalue weighted by atomic mass is 10.3. The van der Waals surface area contributed by atoms with E-state index in [4.69, 9.17) is 9.47 Å². The van der Waals surface area contributed by atoms with Gasteiger partial charge in [-0.3, -0.25) is 4.98 Å². The van der Waals surface area contributed by atoms with Crippen LogP contribution in [0.1, 0.15) is 18.9 Å². The second-order valence-corrected chi connectivity index (χ2v) is 3.99. The lowest BCUT2D eigenvalue weighted by Crippen LogP contribution is -2.05. The van der Waals surface area contributed by atoms with Crippen molar-refractivity contribution in [1.82, 2.24) is 4.98 Å². The van der Waals surface area contributed by atoms with E-state index in [2.05, 4.69) is 11.9 Å². The Bertz CT molecular complexity index is 277. The van der Waals surface area contributed by atoms with Crippen LogP contribution in [0.4, 0.5) is 0 Å². The highest BCUT2D eigenvalue weighted by atomic mass is 32.2. The molecule has 0 saturated heterocycles. The average molecular weight is 213 g/mol. The molecule has 0 fully saturated rings. The average Bonchev–Trinajstić information content (AvgIpc) is 2.21. The highest BCUT2D eigenvalue weighted by Gasteiger charge is 2.10. The molecule has 0 aliphatic carbocycles. The molecule has 78 valence electrons. The van der Waals surface area contributed by atoms with Gasteiger partial charge in [-0.25, -0.2) is 0 Å². The Morgan fingerprint density at radius 2 is 2.14 bits per heavy atom. The Morgan fingerprint density at radius 1 is 1.43 bits per heavy atom. The lowest BCUT2D eigenvalue weighted by Gasteiger charge is -2.12. The van der Waals surface area contributed by atoms with Crippen molar-refractivity contribution in [2.45, 2.75) is 18.1 Å². The van der Waals surface area contributed by atoms with E-state index in [0.717, 1.165) is 11.4 Å². The van der Waals surface area contributed by atoms with Crippen molar-refractivity contribution in [3.8, 4) is 0 Å². The van der Waals surface area contributed by atoms with E-state index in [-0.39, 0.29) is 6.29 Å². The molecule has 0 spiro atoms. The van der Waals surface area contributed by atoms with Gasteiger partial charge in [0.1, 0.15) is 0 Å². The monoisotopic (exact) mass is 213 g/mol. The van der Waals surface area contributed by atoms with Crippen molar-refractivity contribution in [2.75, 3.05) is 20.0 Å². The van der Waals surface area contributed by atoms with Gasteiger partial charge in [0.15, 0.2) is 0 Å². The van der Waals surface area contributed by atoms with Gasteiger partial charge in [-0.15, -0.1) is 11.8 Å². The third-order valence-corrected chi connectivity index (χ3v) is 2.61. The van der Waals surface area contributed by atoms with Gasteiger partial charge in [0, 0.05) is 25.3 Å². The molecule has 1 aromatic heterocycles. The summed E-state index contributed by atoms with van der Waals surface area (Å²) in [4.78, 5) is 5.39. The van der Waals surface area contributed by atoms with Crippen LogP contribution in [0, 0.1) is 0 Å². The summed E-state index contributed by atoms with van der Waals surface area (Å²) >= 11 is 1.78. The van der Waals surface area contributed by atoms with Gasteiger partial charge in [0.2, 0.25) is 6.29 Å². The van der Waals surface area contributed by atoms with Crippen LogP contribution in [0.2, 0.25) is 0 Å². The fourth-order valence-electron chi connectivity index (χ4n) is 1.15. The van der Waals surface area contributed by atoms with Crippen LogP contribution in [-0.4, -0.2) is 25.0 Å². The minimum absolute atomic E-state index is 0.368. The second-order valence-electron chi connectivity index (χ2n) is 2.65. The zero-order valence-corrected chi connectivity index (χ0v) is 9.50. The number of aromatic nitrogens is 1. The first-order chi connectivity index (χ1) is 6.81. The summed E-state index contributed by atoms with van der Waals surface area (Å²) in [5, 5.41) is 0. The molecular formula is C10H15NO2S. The Morgan fingerprint density at radius 3 is 2.71 bits per heavy atom. The van der Waals surface area contributed by atoms with E-state index < -0.39 is 0 Å². The maximum absolute atomic E-state index is 5.12. The molecule has 0 aliphatic heterocycles. The number of nitrogens with zero attached hydrogens (tertiary/aromatic N) is 1. The summed E-state index contributed by atoms with van der Waals surface area (Å²) in [7, 11) is 3.21. The predicted molar refractivity (Wildman–Crippen MR) is 57.4 cm³/mol. The molecule has 0 radical (unpaired) electrons. The van der Waals surface area contributed by atoms with Crippen molar-refractivity contribution in [3.05, 3.63) is 24.0 Å². The fraction of sp³-hybridized carbons (Fsp3) is 0.500. The van der Waals surface area contributed by atoms with Crippen LogP contribution < -0.4 is 0 Å². The summed E-state index contributed by atoms with van der Waals surface area (Å²) in [6.07, 6.45) is 1.41. The van der Waals surface area contributed by atoms with Crippen molar-refractivity contribution >= 4 is 11.8 Å². The van der Waals surface area contributed by atoms with E-state index in [1.54, 1.807) is 32.2 Å². The van der Waals surface area contributed by atoms with Crippen LogP contribution in [0.15, 0.2) is 23.2 Å². The number of hydrogen-bond donors (Lipinski definition) is 0. The molecule has 14 heavy (non-hydrogen) atoms. The summed E-state index contributed by atoms with van der Waals surface area (Å²) < 4.78 is 10.2. The van der Waals surface area contributed by atoms with Gasteiger partial charge in [-0.05, 0) is 17.9 Å². The van der Waals surface area contributed by atoms with Crippen LogP contribution >= 0.6 is 11.8 Å². The largest absolute Gasteiger partial charge is 0.350 e. The smallest absolute Gasteiger partial charge is 0.200 e. The van der Waals surface area contributed by atoms with Crippen LogP contribution in [0.25, 0.3) is 0 Å². The number of hydrogen-bond acceptors (Lipinski definition) is 4. The number of rotatable bonds is 5. The number of thioether (sulfide) groups is 1. The summed E-state index contributed by atoms with van der Waals surface area (Å²) in [6, 6.07) is 3.98. The zero-order chi connectivity index (χ0) is 10.4. The third-order valence-electron chi connectivity index (χ3n) is 1.73. The molecule has 0 amide bonds. The molecule has 1 heterocycles. The van der Waals surface area contributed by atoms with Crippen LogP contribution in [-0.2, 0) is 9.47 Å². The zero-order valence-electron chi connectivity index (χ0n) is 8.69. The van der Waals surface area contributed by atoms with Gasteiger partial charge in [0.25, 0.3) is 0 Å². The summed E-state index contributed by atoms with van der Waals surface area (Å²) in [6.45, 7) is 2.12. The number of pyridine rings is 1. The van der Waals surface area contributed by atoms with Crippen molar-refractivity contribution in [1.29, 1.82) is 0 Å². The second kappa shape index (κ2) is 6.01. The maximum Gasteiger partial charge on any atom is 0.200 e. The van der Waals surface area contributed by atoms with Gasteiger partial charge in [0.05, 0.1) is 5.69 Å².